The molecule has 0 bridgehead atoms. The standard InChI is InChI=1S/C15H21ClN2O/c1-10-8-18(11(2)6-14(10)15(17)19)9-12-4-3-5-13(16)7-12/h3-5,7,10-11,14H,6,8-9H2,1-2H3,(H2,17,19). The predicted molar refractivity (Wildman–Crippen MR) is 77.8 cm³/mol. The zero-order chi connectivity index (χ0) is 14.0. The van der Waals surface area contributed by atoms with Crippen LogP contribution in [0.15, 0.2) is 24.3 Å². The third-order valence-corrected chi connectivity index (χ3v) is 4.30. The topological polar surface area (TPSA) is 46.3 Å². The van der Waals surface area contributed by atoms with Crippen LogP contribution in [0, 0.1) is 11.8 Å². The van der Waals surface area contributed by atoms with Crippen LogP contribution < -0.4 is 5.73 Å². The van der Waals surface area contributed by atoms with E-state index in [1.165, 1.54) is 5.56 Å². The number of hydrogen-bond donors (Lipinski definition) is 1. The second-order valence-corrected chi connectivity index (χ2v) is 6.07. The number of nitrogens with two attached hydrogens (primary N) is 1. The van der Waals surface area contributed by atoms with Crippen LogP contribution in [0.2, 0.25) is 5.02 Å². The second-order valence-electron chi connectivity index (χ2n) is 5.63. The Kier molecular flexibility index (Phi) is 4.48. The summed E-state index contributed by atoms with van der Waals surface area (Å²) in [4.78, 5) is 13.8. The van der Waals surface area contributed by atoms with E-state index in [4.69, 9.17) is 17.3 Å². The molecule has 0 saturated carbocycles. The van der Waals surface area contributed by atoms with Crippen molar-refractivity contribution >= 4 is 17.5 Å². The number of piperidine rings is 1. The van der Waals surface area contributed by atoms with E-state index in [1.54, 1.807) is 0 Å². The van der Waals surface area contributed by atoms with Gasteiger partial charge in [-0.05, 0) is 37.0 Å². The van der Waals surface area contributed by atoms with Crippen molar-refractivity contribution in [1.82, 2.24) is 4.90 Å². The highest BCUT2D eigenvalue weighted by Crippen LogP contribution is 2.28. The van der Waals surface area contributed by atoms with Gasteiger partial charge in [-0.1, -0.05) is 30.7 Å². The molecule has 1 aromatic rings. The fraction of sp³-hybridized carbons (Fsp3) is 0.533. The SMILES string of the molecule is CC1CN(Cc2cccc(Cl)c2)C(C)CC1C(N)=O. The van der Waals surface area contributed by atoms with Crippen LogP contribution in [0.3, 0.4) is 0 Å². The summed E-state index contributed by atoms with van der Waals surface area (Å²) in [5.41, 5.74) is 6.67. The number of nitrogens with zero attached hydrogens (tertiary/aromatic N) is 1. The van der Waals surface area contributed by atoms with Gasteiger partial charge in [0.15, 0.2) is 0 Å². The summed E-state index contributed by atoms with van der Waals surface area (Å²) in [6, 6.07) is 8.31. The van der Waals surface area contributed by atoms with Crippen molar-refractivity contribution < 1.29 is 4.79 Å². The van der Waals surface area contributed by atoms with Crippen LogP contribution in [0.1, 0.15) is 25.8 Å². The Morgan fingerprint density at radius 3 is 2.84 bits per heavy atom. The van der Waals surface area contributed by atoms with E-state index in [-0.39, 0.29) is 11.8 Å². The van der Waals surface area contributed by atoms with Gasteiger partial charge < -0.3 is 5.73 Å². The molecule has 1 fully saturated rings. The average molecular weight is 281 g/mol. The second kappa shape index (κ2) is 5.93. The number of carbonyl (C=O) groups is 1. The van der Waals surface area contributed by atoms with Crippen LogP contribution >= 0.6 is 11.6 Å². The van der Waals surface area contributed by atoms with Gasteiger partial charge >= 0.3 is 0 Å². The minimum atomic E-state index is -0.165. The Labute approximate surface area is 119 Å². The van der Waals surface area contributed by atoms with Crippen molar-refractivity contribution in [2.75, 3.05) is 6.54 Å². The number of rotatable bonds is 3. The Morgan fingerprint density at radius 1 is 1.47 bits per heavy atom. The molecular weight excluding hydrogens is 260 g/mol. The number of halogens is 1. The maximum Gasteiger partial charge on any atom is 0.220 e. The summed E-state index contributed by atoms with van der Waals surface area (Å²) < 4.78 is 0. The minimum absolute atomic E-state index is 0.00520. The molecule has 1 heterocycles. The van der Waals surface area contributed by atoms with Crippen LogP contribution in [-0.2, 0) is 11.3 Å². The molecule has 0 aliphatic carbocycles. The fourth-order valence-electron chi connectivity index (χ4n) is 2.91. The predicted octanol–water partition coefficient (Wildman–Crippen LogP) is 2.67. The lowest BCUT2D eigenvalue weighted by Crippen LogP contribution is -2.48. The Bertz CT molecular complexity index is 463. The monoisotopic (exact) mass is 280 g/mol. The molecule has 3 nitrogen and oxygen atoms in total. The minimum Gasteiger partial charge on any atom is -0.369 e. The molecule has 2 rings (SSSR count). The first-order chi connectivity index (χ1) is 8.97. The summed E-state index contributed by atoms with van der Waals surface area (Å²) in [5.74, 6) is 0.153. The first-order valence-corrected chi connectivity index (χ1v) is 7.13. The maximum atomic E-state index is 11.4. The van der Waals surface area contributed by atoms with Gasteiger partial charge in [0.1, 0.15) is 0 Å². The molecule has 1 saturated heterocycles. The Hall–Kier alpha value is -1.06. The van der Waals surface area contributed by atoms with E-state index >= 15 is 0 Å². The van der Waals surface area contributed by atoms with E-state index in [2.05, 4.69) is 24.8 Å². The highest BCUT2D eigenvalue weighted by molar-refractivity contribution is 6.30. The summed E-state index contributed by atoms with van der Waals surface area (Å²) in [6.45, 7) is 6.04. The van der Waals surface area contributed by atoms with Crippen LogP contribution in [0.25, 0.3) is 0 Å². The van der Waals surface area contributed by atoms with Crippen molar-refractivity contribution in [1.29, 1.82) is 0 Å². The van der Waals surface area contributed by atoms with Gasteiger partial charge in [-0.3, -0.25) is 9.69 Å². The molecule has 19 heavy (non-hydrogen) atoms. The molecule has 1 aliphatic heterocycles. The Balaban J connectivity index is 2.04. The van der Waals surface area contributed by atoms with Crippen molar-refractivity contribution in [2.24, 2.45) is 17.6 Å². The van der Waals surface area contributed by atoms with E-state index in [0.29, 0.717) is 12.0 Å². The molecule has 1 amide bonds. The third-order valence-electron chi connectivity index (χ3n) is 4.07. The van der Waals surface area contributed by atoms with Gasteiger partial charge in [0.05, 0.1) is 0 Å². The lowest BCUT2D eigenvalue weighted by atomic mass is 9.82. The van der Waals surface area contributed by atoms with Gasteiger partial charge in [-0.15, -0.1) is 0 Å². The van der Waals surface area contributed by atoms with E-state index < -0.39 is 0 Å². The quantitative estimate of drug-likeness (QED) is 0.925. The lowest BCUT2D eigenvalue weighted by Gasteiger charge is -2.40. The van der Waals surface area contributed by atoms with Gasteiger partial charge in [0.2, 0.25) is 5.91 Å². The molecule has 0 aromatic heterocycles. The molecule has 3 atom stereocenters. The van der Waals surface area contributed by atoms with Crippen molar-refractivity contribution in [3.8, 4) is 0 Å². The Morgan fingerprint density at radius 2 is 2.21 bits per heavy atom. The summed E-state index contributed by atoms with van der Waals surface area (Å²) in [5, 5.41) is 0.769. The summed E-state index contributed by atoms with van der Waals surface area (Å²) in [6.07, 6.45) is 0.844. The number of benzene rings is 1. The molecule has 104 valence electrons. The van der Waals surface area contributed by atoms with Crippen molar-refractivity contribution in [3.63, 3.8) is 0 Å². The van der Waals surface area contributed by atoms with E-state index in [1.807, 2.05) is 18.2 Å². The van der Waals surface area contributed by atoms with Crippen LogP contribution in [0.5, 0.6) is 0 Å². The number of likely N-dealkylation sites (tertiary alicyclic amines) is 1. The molecule has 2 N–H and O–H groups in total. The highest BCUT2D eigenvalue weighted by Gasteiger charge is 2.33. The van der Waals surface area contributed by atoms with Crippen LogP contribution in [-0.4, -0.2) is 23.4 Å². The summed E-state index contributed by atoms with van der Waals surface area (Å²) >= 11 is 6.01. The van der Waals surface area contributed by atoms with Crippen molar-refractivity contribution in [2.45, 2.75) is 32.9 Å². The van der Waals surface area contributed by atoms with Gasteiger partial charge in [-0.25, -0.2) is 0 Å². The average Bonchev–Trinajstić information content (AvgIpc) is 2.33. The number of carbonyl (C=O) groups excluding carboxylic acids is 1. The highest BCUT2D eigenvalue weighted by atomic mass is 35.5. The molecule has 0 radical (unpaired) electrons. The molecule has 1 aromatic carbocycles. The first kappa shape index (κ1) is 14.4. The van der Waals surface area contributed by atoms with Gasteiger partial charge in [-0.2, -0.15) is 0 Å². The van der Waals surface area contributed by atoms with Crippen molar-refractivity contribution in [3.05, 3.63) is 34.9 Å². The van der Waals surface area contributed by atoms with Gasteiger partial charge in [0, 0.05) is 30.1 Å². The fourth-order valence-corrected chi connectivity index (χ4v) is 3.13. The van der Waals surface area contributed by atoms with E-state index in [0.717, 1.165) is 24.5 Å². The molecule has 4 heteroatoms. The molecule has 0 spiro atoms. The molecular formula is C15H21ClN2O. The molecule has 3 unspecified atom stereocenters. The number of primary amides is 1. The number of hydrogen-bond acceptors (Lipinski definition) is 2. The first-order valence-electron chi connectivity index (χ1n) is 6.75. The normalized spacial score (nSPS) is 28.3. The molecule has 1 aliphatic rings. The van der Waals surface area contributed by atoms with E-state index in [9.17, 15) is 4.79 Å². The largest absolute Gasteiger partial charge is 0.369 e. The van der Waals surface area contributed by atoms with Crippen LogP contribution in [0.4, 0.5) is 0 Å². The lowest BCUT2D eigenvalue weighted by molar-refractivity contribution is -0.126. The summed E-state index contributed by atoms with van der Waals surface area (Å²) in [7, 11) is 0. The zero-order valence-corrected chi connectivity index (χ0v) is 12.2. The maximum absolute atomic E-state index is 11.4. The third kappa shape index (κ3) is 3.48. The number of amides is 1. The van der Waals surface area contributed by atoms with Gasteiger partial charge in [0.25, 0.3) is 0 Å². The zero-order valence-electron chi connectivity index (χ0n) is 11.5. The smallest absolute Gasteiger partial charge is 0.220 e.